The molecule has 0 saturated heterocycles. The second-order valence-electron chi connectivity index (χ2n) is 5.29. The minimum atomic E-state index is 0.756. The van der Waals surface area contributed by atoms with Gasteiger partial charge in [-0.1, -0.05) is 19.8 Å². The molecule has 0 bridgehead atoms. The molecule has 1 aromatic rings. The predicted molar refractivity (Wildman–Crippen MR) is 70.9 cm³/mol. The number of imidazole rings is 1. The van der Waals surface area contributed by atoms with Crippen LogP contribution in [0.3, 0.4) is 0 Å². The summed E-state index contributed by atoms with van der Waals surface area (Å²) in [5.41, 5.74) is 1.23. The number of rotatable bonds is 6. The van der Waals surface area contributed by atoms with E-state index in [1.165, 1.54) is 44.2 Å². The third-order valence-electron chi connectivity index (χ3n) is 3.93. The molecule has 1 heterocycles. The lowest BCUT2D eigenvalue weighted by atomic mass is 9.83. The van der Waals surface area contributed by atoms with E-state index in [2.05, 4.69) is 22.2 Å². The van der Waals surface area contributed by atoms with Crippen molar-refractivity contribution < 1.29 is 0 Å². The van der Waals surface area contributed by atoms with Gasteiger partial charge in [-0.2, -0.15) is 0 Å². The van der Waals surface area contributed by atoms with Gasteiger partial charge in [0.2, 0.25) is 0 Å². The fourth-order valence-electron chi connectivity index (χ4n) is 2.90. The molecule has 0 spiro atoms. The lowest BCUT2D eigenvalue weighted by Gasteiger charge is -2.29. The van der Waals surface area contributed by atoms with Gasteiger partial charge >= 0.3 is 0 Å². The number of hydrogen-bond acceptors (Lipinski definition) is 2. The molecule has 1 saturated carbocycles. The summed E-state index contributed by atoms with van der Waals surface area (Å²) in [4.78, 5) is 7.18. The second kappa shape index (κ2) is 6.80. The summed E-state index contributed by atoms with van der Waals surface area (Å²) in [6.45, 7) is 3.38. The number of aromatic amines is 1. The highest BCUT2D eigenvalue weighted by molar-refractivity contribution is 4.94. The first kappa shape index (κ1) is 12.6. The first-order valence-electron chi connectivity index (χ1n) is 7.09. The molecule has 96 valence electrons. The monoisotopic (exact) mass is 235 g/mol. The van der Waals surface area contributed by atoms with Crippen molar-refractivity contribution in [2.75, 3.05) is 6.54 Å². The SMILES string of the molecule is CCCC1CCC(NCCc2cnc[nH]2)CC1. The molecule has 0 atom stereocenters. The van der Waals surface area contributed by atoms with Crippen LogP contribution in [0.25, 0.3) is 0 Å². The summed E-state index contributed by atoms with van der Waals surface area (Å²) in [5, 5.41) is 3.67. The molecule has 0 unspecified atom stereocenters. The Morgan fingerprint density at radius 3 is 2.82 bits per heavy atom. The minimum Gasteiger partial charge on any atom is -0.348 e. The van der Waals surface area contributed by atoms with Crippen LogP contribution in [0.5, 0.6) is 0 Å². The van der Waals surface area contributed by atoms with Crippen LogP contribution in [-0.4, -0.2) is 22.6 Å². The molecule has 0 radical (unpaired) electrons. The van der Waals surface area contributed by atoms with Crippen LogP contribution in [0.2, 0.25) is 0 Å². The van der Waals surface area contributed by atoms with Crippen LogP contribution >= 0.6 is 0 Å². The van der Waals surface area contributed by atoms with E-state index < -0.39 is 0 Å². The minimum absolute atomic E-state index is 0.756. The Balaban J connectivity index is 1.58. The number of nitrogens with zero attached hydrogens (tertiary/aromatic N) is 1. The summed E-state index contributed by atoms with van der Waals surface area (Å²) in [7, 11) is 0. The number of nitrogens with one attached hydrogen (secondary N) is 2. The Hall–Kier alpha value is -0.830. The zero-order valence-electron chi connectivity index (χ0n) is 10.9. The molecule has 3 heteroatoms. The number of H-pyrrole nitrogens is 1. The van der Waals surface area contributed by atoms with Crippen molar-refractivity contribution in [3.05, 3.63) is 18.2 Å². The summed E-state index contributed by atoms with van der Waals surface area (Å²) in [6.07, 6.45) is 13.1. The summed E-state index contributed by atoms with van der Waals surface area (Å²) in [5.74, 6) is 1.01. The molecule has 17 heavy (non-hydrogen) atoms. The van der Waals surface area contributed by atoms with Crippen LogP contribution in [0.15, 0.2) is 12.5 Å². The fourth-order valence-corrected chi connectivity index (χ4v) is 2.90. The Kier molecular flexibility index (Phi) is 5.05. The molecular formula is C14H25N3. The fraction of sp³-hybridized carbons (Fsp3) is 0.786. The normalized spacial score (nSPS) is 25.0. The van der Waals surface area contributed by atoms with Crippen molar-refractivity contribution in [2.24, 2.45) is 5.92 Å². The number of aromatic nitrogens is 2. The average Bonchev–Trinajstić information content (AvgIpc) is 2.85. The van der Waals surface area contributed by atoms with Gasteiger partial charge in [0.15, 0.2) is 0 Å². The third kappa shape index (κ3) is 4.15. The van der Waals surface area contributed by atoms with Gasteiger partial charge in [-0.3, -0.25) is 0 Å². The maximum absolute atomic E-state index is 4.03. The molecule has 1 aromatic heterocycles. The van der Waals surface area contributed by atoms with E-state index in [-0.39, 0.29) is 0 Å². The number of hydrogen-bond donors (Lipinski definition) is 2. The van der Waals surface area contributed by atoms with Gasteiger partial charge in [-0.05, 0) is 31.6 Å². The van der Waals surface area contributed by atoms with Gasteiger partial charge in [0.05, 0.1) is 6.33 Å². The maximum atomic E-state index is 4.03. The lowest BCUT2D eigenvalue weighted by molar-refractivity contribution is 0.279. The van der Waals surface area contributed by atoms with Crippen LogP contribution in [0.4, 0.5) is 0 Å². The van der Waals surface area contributed by atoms with Gasteiger partial charge in [-0.15, -0.1) is 0 Å². The molecule has 1 aliphatic rings. The Labute approximate surface area is 104 Å². The Morgan fingerprint density at radius 2 is 2.18 bits per heavy atom. The summed E-state index contributed by atoms with van der Waals surface area (Å²) < 4.78 is 0. The Bertz CT molecular complexity index is 286. The average molecular weight is 235 g/mol. The highest BCUT2D eigenvalue weighted by Crippen LogP contribution is 2.27. The molecule has 0 amide bonds. The van der Waals surface area contributed by atoms with Gasteiger partial charge in [0.25, 0.3) is 0 Å². The van der Waals surface area contributed by atoms with Crippen molar-refractivity contribution in [3.63, 3.8) is 0 Å². The van der Waals surface area contributed by atoms with Crippen LogP contribution < -0.4 is 5.32 Å². The van der Waals surface area contributed by atoms with Crippen molar-refractivity contribution in [1.29, 1.82) is 0 Å². The van der Waals surface area contributed by atoms with E-state index in [4.69, 9.17) is 0 Å². The first-order valence-corrected chi connectivity index (χ1v) is 7.09. The molecule has 3 nitrogen and oxygen atoms in total. The first-order chi connectivity index (χ1) is 8.38. The summed E-state index contributed by atoms with van der Waals surface area (Å²) in [6, 6.07) is 0.756. The van der Waals surface area contributed by atoms with Crippen LogP contribution in [0.1, 0.15) is 51.1 Å². The van der Waals surface area contributed by atoms with E-state index in [9.17, 15) is 0 Å². The summed E-state index contributed by atoms with van der Waals surface area (Å²) >= 11 is 0. The zero-order valence-corrected chi connectivity index (χ0v) is 10.9. The van der Waals surface area contributed by atoms with E-state index in [0.29, 0.717) is 0 Å². The topological polar surface area (TPSA) is 40.7 Å². The van der Waals surface area contributed by atoms with Crippen molar-refractivity contribution in [3.8, 4) is 0 Å². The molecule has 1 fully saturated rings. The van der Waals surface area contributed by atoms with Crippen molar-refractivity contribution in [2.45, 2.75) is 57.9 Å². The molecule has 2 rings (SSSR count). The third-order valence-corrected chi connectivity index (χ3v) is 3.93. The van der Waals surface area contributed by atoms with E-state index in [1.807, 2.05) is 6.20 Å². The Morgan fingerprint density at radius 1 is 1.35 bits per heavy atom. The molecule has 2 N–H and O–H groups in total. The van der Waals surface area contributed by atoms with Crippen molar-refractivity contribution in [1.82, 2.24) is 15.3 Å². The maximum Gasteiger partial charge on any atom is 0.0921 e. The van der Waals surface area contributed by atoms with Crippen LogP contribution in [0, 0.1) is 5.92 Å². The quantitative estimate of drug-likeness (QED) is 0.796. The van der Waals surface area contributed by atoms with E-state index in [1.54, 1.807) is 6.33 Å². The smallest absolute Gasteiger partial charge is 0.0921 e. The lowest BCUT2D eigenvalue weighted by Crippen LogP contribution is -2.34. The van der Waals surface area contributed by atoms with Gasteiger partial charge in [0, 0.05) is 30.9 Å². The second-order valence-corrected chi connectivity index (χ2v) is 5.29. The standard InChI is InChI=1S/C14H25N3/c1-2-3-12-4-6-13(7-5-12)16-9-8-14-10-15-11-17-14/h10-13,16H,2-9H2,1H3,(H,15,17). The van der Waals surface area contributed by atoms with Gasteiger partial charge < -0.3 is 10.3 Å². The van der Waals surface area contributed by atoms with Gasteiger partial charge in [-0.25, -0.2) is 4.98 Å². The molecule has 0 aliphatic heterocycles. The highest BCUT2D eigenvalue weighted by Gasteiger charge is 2.19. The van der Waals surface area contributed by atoms with E-state index in [0.717, 1.165) is 24.9 Å². The van der Waals surface area contributed by atoms with Crippen LogP contribution in [-0.2, 0) is 6.42 Å². The zero-order chi connectivity index (χ0) is 11.9. The molecule has 1 aliphatic carbocycles. The molecule has 0 aromatic carbocycles. The molecular weight excluding hydrogens is 210 g/mol. The highest BCUT2D eigenvalue weighted by atomic mass is 14.9. The van der Waals surface area contributed by atoms with E-state index >= 15 is 0 Å². The largest absolute Gasteiger partial charge is 0.348 e. The van der Waals surface area contributed by atoms with Gasteiger partial charge in [0.1, 0.15) is 0 Å². The predicted octanol–water partition coefficient (Wildman–Crippen LogP) is 2.90. The van der Waals surface area contributed by atoms with Crippen molar-refractivity contribution >= 4 is 0 Å².